The van der Waals surface area contributed by atoms with E-state index < -0.39 is 0 Å². The summed E-state index contributed by atoms with van der Waals surface area (Å²) in [6.07, 6.45) is 7.73. The van der Waals surface area contributed by atoms with Gasteiger partial charge in [0, 0.05) is 24.5 Å². The Kier molecular flexibility index (Phi) is 5.89. The highest BCUT2D eigenvalue weighted by Gasteiger charge is 2.57. The van der Waals surface area contributed by atoms with Crippen LogP contribution in [0, 0.1) is 5.41 Å². The van der Waals surface area contributed by atoms with E-state index in [9.17, 15) is 0 Å². The van der Waals surface area contributed by atoms with Gasteiger partial charge in [-0.2, -0.15) is 0 Å². The SMILES string of the molecule is CCCC(C)(CCNCc1ccccc1)CNC1CC12CCc1ccccc12. The first-order chi connectivity index (χ1) is 13.7. The van der Waals surface area contributed by atoms with E-state index in [2.05, 4.69) is 79.1 Å². The molecule has 2 aromatic carbocycles. The van der Waals surface area contributed by atoms with Gasteiger partial charge < -0.3 is 10.6 Å². The fourth-order valence-corrected chi connectivity index (χ4v) is 5.36. The third-order valence-electron chi connectivity index (χ3n) is 7.18. The van der Waals surface area contributed by atoms with E-state index in [0.717, 1.165) is 19.6 Å². The van der Waals surface area contributed by atoms with Crippen LogP contribution in [0.25, 0.3) is 0 Å². The second-order valence-electron chi connectivity index (χ2n) is 9.42. The van der Waals surface area contributed by atoms with Gasteiger partial charge in [-0.1, -0.05) is 74.9 Å². The maximum absolute atomic E-state index is 3.99. The van der Waals surface area contributed by atoms with Crippen LogP contribution < -0.4 is 10.6 Å². The Morgan fingerprint density at radius 1 is 1.04 bits per heavy atom. The van der Waals surface area contributed by atoms with Gasteiger partial charge in [0.2, 0.25) is 0 Å². The average Bonchev–Trinajstić information content (AvgIpc) is 3.31. The van der Waals surface area contributed by atoms with E-state index in [0.29, 0.717) is 16.9 Å². The number of nitrogens with one attached hydrogen (secondary N) is 2. The van der Waals surface area contributed by atoms with Gasteiger partial charge >= 0.3 is 0 Å². The molecule has 2 aliphatic carbocycles. The van der Waals surface area contributed by atoms with Crippen molar-refractivity contribution in [2.75, 3.05) is 13.1 Å². The van der Waals surface area contributed by atoms with Crippen LogP contribution in [-0.2, 0) is 18.4 Å². The summed E-state index contributed by atoms with van der Waals surface area (Å²) in [4.78, 5) is 0. The molecule has 0 bridgehead atoms. The molecule has 2 N–H and O–H groups in total. The van der Waals surface area contributed by atoms with E-state index in [4.69, 9.17) is 0 Å². The van der Waals surface area contributed by atoms with E-state index in [1.807, 2.05) is 0 Å². The third kappa shape index (κ3) is 4.18. The molecule has 1 spiro atoms. The van der Waals surface area contributed by atoms with Crippen molar-refractivity contribution in [3.63, 3.8) is 0 Å². The van der Waals surface area contributed by atoms with Crippen LogP contribution in [-0.4, -0.2) is 19.1 Å². The fourth-order valence-electron chi connectivity index (χ4n) is 5.36. The predicted octanol–water partition coefficient (Wildman–Crippen LogP) is 5.22. The first kappa shape index (κ1) is 19.7. The van der Waals surface area contributed by atoms with Crippen molar-refractivity contribution < 1.29 is 0 Å². The molecule has 0 amide bonds. The second-order valence-corrected chi connectivity index (χ2v) is 9.42. The van der Waals surface area contributed by atoms with E-state index >= 15 is 0 Å². The van der Waals surface area contributed by atoms with Crippen LogP contribution in [0.4, 0.5) is 0 Å². The summed E-state index contributed by atoms with van der Waals surface area (Å²) >= 11 is 0. The van der Waals surface area contributed by atoms with Gasteiger partial charge in [0.25, 0.3) is 0 Å². The van der Waals surface area contributed by atoms with Crippen molar-refractivity contribution in [2.24, 2.45) is 5.41 Å². The first-order valence-corrected chi connectivity index (χ1v) is 11.2. The van der Waals surface area contributed by atoms with Gasteiger partial charge in [-0.05, 0) is 60.8 Å². The van der Waals surface area contributed by atoms with Crippen LogP contribution in [0.5, 0.6) is 0 Å². The smallest absolute Gasteiger partial charge is 0.0205 e. The van der Waals surface area contributed by atoms with Crippen LogP contribution >= 0.6 is 0 Å². The number of hydrogen-bond donors (Lipinski definition) is 2. The molecule has 0 aromatic heterocycles. The van der Waals surface area contributed by atoms with Crippen molar-refractivity contribution in [2.45, 2.75) is 70.4 Å². The molecule has 0 heterocycles. The summed E-state index contributed by atoms with van der Waals surface area (Å²) in [5.41, 5.74) is 5.43. The molecule has 2 heteroatoms. The summed E-state index contributed by atoms with van der Waals surface area (Å²) in [7, 11) is 0. The molecule has 0 aliphatic heterocycles. The Hall–Kier alpha value is -1.64. The highest BCUT2D eigenvalue weighted by molar-refractivity contribution is 5.46. The lowest BCUT2D eigenvalue weighted by molar-refractivity contribution is 0.248. The minimum Gasteiger partial charge on any atom is -0.313 e. The molecule has 1 fully saturated rings. The standard InChI is InChI=1S/C26H36N2/c1-3-14-25(2,16-17-27-19-21-9-5-4-6-10-21)20-28-24-18-26(24)15-13-22-11-7-8-12-23(22)26/h4-12,24,27-28H,3,13-20H2,1-2H3. The van der Waals surface area contributed by atoms with Crippen LogP contribution in [0.2, 0.25) is 0 Å². The predicted molar refractivity (Wildman–Crippen MR) is 119 cm³/mol. The highest BCUT2D eigenvalue weighted by Crippen LogP contribution is 2.56. The zero-order chi connectivity index (χ0) is 19.5. The topological polar surface area (TPSA) is 24.1 Å². The Balaban J connectivity index is 1.27. The normalized spacial score (nSPS) is 24.9. The third-order valence-corrected chi connectivity index (χ3v) is 7.18. The van der Waals surface area contributed by atoms with E-state index in [1.165, 1.54) is 44.1 Å². The Morgan fingerprint density at radius 2 is 1.82 bits per heavy atom. The van der Waals surface area contributed by atoms with Crippen molar-refractivity contribution in [1.29, 1.82) is 0 Å². The maximum atomic E-state index is 3.99. The van der Waals surface area contributed by atoms with Crippen LogP contribution in [0.3, 0.4) is 0 Å². The molecule has 0 saturated heterocycles. The maximum Gasteiger partial charge on any atom is 0.0205 e. The Bertz CT molecular complexity index is 771. The number of rotatable bonds is 10. The highest BCUT2D eigenvalue weighted by atomic mass is 15.0. The van der Waals surface area contributed by atoms with Gasteiger partial charge in [0.05, 0.1) is 0 Å². The largest absolute Gasteiger partial charge is 0.313 e. The molecule has 2 aromatic rings. The van der Waals surface area contributed by atoms with Crippen molar-refractivity contribution in [3.05, 3.63) is 71.3 Å². The lowest BCUT2D eigenvalue weighted by Gasteiger charge is -2.30. The molecule has 3 atom stereocenters. The van der Waals surface area contributed by atoms with Crippen molar-refractivity contribution in [3.8, 4) is 0 Å². The lowest BCUT2D eigenvalue weighted by atomic mass is 9.82. The average molecular weight is 377 g/mol. The summed E-state index contributed by atoms with van der Waals surface area (Å²) in [5.74, 6) is 0. The molecule has 0 radical (unpaired) electrons. The number of fused-ring (bicyclic) bond motifs is 2. The van der Waals surface area contributed by atoms with Crippen LogP contribution in [0.1, 0.15) is 62.6 Å². The molecule has 28 heavy (non-hydrogen) atoms. The lowest BCUT2D eigenvalue weighted by Crippen LogP contribution is -2.37. The minimum absolute atomic E-state index is 0.375. The van der Waals surface area contributed by atoms with Gasteiger partial charge in [-0.3, -0.25) is 0 Å². The van der Waals surface area contributed by atoms with E-state index in [1.54, 1.807) is 11.1 Å². The Labute approximate surface area is 171 Å². The summed E-state index contributed by atoms with van der Waals surface area (Å²) < 4.78 is 0. The van der Waals surface area contributed by atoms with Crippen molar-refractivity contribution >= 4 is 0 Å². The fraction of sp³-hybridized carbons (Fsp3) is 0.538. The quantitative estimate of drug-likeness (QED) is 0.556. The number of aryl methyl sites for hydroxylation is 1. The molecule has 2 aliphatic rings. The molecule has 1 saturated carbocycles. The van der Waals surface area contributed by atoms with Crippen molar-refractivity contribution in [1.82, 2.24) is 10.6 Å². The number of benzene rings is 2. The van der Waals surface area contributed by atoms with Gasteiger partial charge in [0.1, 0.15) is 0 Å². The first-order valence-electron chi connectivity index (χ1n) is 11.2. The molecular formula is C26H36N2. The van der Waals surface area contributed by atoms with E-state index in [-0.39, 0.29) is 0 Å². The summed E-state index contributed by atoms with van der Waals surface area (Å²) in [5, 5.41) is 7.64. The molecule has 3 unspecified atom stereocenters. The van der Waals surface area contributed by atoms with Gasteiger partial charge in [0.15, 0.2) is 0 Å². The summed E-state index contributed by atoms with van der Waals surface area (Å²) in [6, 6.07) is 20.5. The van der Waals surface area contributed by atoms with Gasteiger partial charge in [-0.15, -0.1) is 0 Å². The Morgan fingerprint density at radius 3 is 2.64 bits per heavy atom. The zero-order valence-corrected chi connectivity index (χ0v) is 17.6. The molecular weight excluding hydrogens is 340 g/mol. The molecule has 150 valence electrons. The molecule has 2 nitrogen and oxygen atoms in total. The zero-order valence-electron chi connectivity index (χ0n) is 17.6. The summed E-state index contributed by atoms with van der Waals surface area (Å²) in [6.45, 7) is 8.00. The second kappa shape index (κ2) is 8.39. The minimum atomic E-state index is 0.375. The number of hydrogen-bond acceptors (Lipinski definition) is 2. The van der Waals surface area contributed by atoms with Crippen LogP contribution in [0.15, 0.2) is 54.6 Å². The monoisotopic (exact) mass is 376 g/mol. The molecule has 4 rings (SSSR count). The van der Waals surface area contributed by atoms with Gasteiger partial charge in [-0.25, -0.2) is 0 Å².